The van der Waals surface area contributed by atoms with Crippen molar-refractivity contribution in [1.29, 1.82) is 0 Å². The van der Waals surface area contributed by atoms with Crippen LogP contribution in [0, 0.1) is 27.7 Å². The number of hydrogen-bond acceptors (Lipinski definition) is 5. The Hall–Kier alpha value is -4.86. The van der Waals surface area contributed by atoms with Gasteiger partial charge in [-0.2, -0.15) is 5.10 Å². The minimum Gasteiger partial charge on any atom is -0.494 e. The van der Waals surface area contributed by atoms with Crippen LogP contribution in [0.25, 0.3) is 32.9 Å². The Kier molecular flexibility index (Phi) is 8.60. The van der Waals surface area contributed by atoms with Crippen molar-refractivity contribution in [2.45, 2.75) is 60.0 Å². The molecular weight excluding hydrogens is 673 g/mol. The van der Waals surface area contributed by atoms with Crippen LogP contribution < -0.4 is 9.64 Å². The smallest absolute Gasteiger partial charge is 0.335 e. The minimum absolute atomic E-state index is 0.157. The van der Waals surface area contributed by atoms with Crippen LogP contribution in [0.1, 0.15) is 62.3 Å². The van der Waals surface area contributed by atoms with Crippen molar-refractivity contribution in [2.24, 2.45) is 7.05 Å². The molecule has 9 nitrogen and oxygen atoms in total. The molecule has 1 amide bonds. The Morgan fingerprint density at radius 2 is 1.74 bits per heavy atom. The molecule has 6 aromatic rings. The van der Waals surface area contributed by atoms with E-state index in [4.69, 9.17) is 38.0 Å². The number of aromatic carboxylic acids is 1. The highest BCUT2D eigenvalue weighted by Gasteiger charge is 2.37. The van der Waals surface area contributed by atoms with E-state index in [9.17, 15) is 14.7 Å². The molecule has 256 valence electrons. The van der Waals surface area contributed by atoms with Crippen LogP contribution in [0.4, 0.5) is 5.82 Å². The van der Waals surface area contributed by atoms with Crippen LogP contribution >= 0.6 is 23.2 Å². The first-order chi connectivity index (χ1) is 23.8. The van der Waals surface area contributed by atoms with Gasteiger partial charge in [-0.3, -0.25) is 14.4 Å². The lowest BCUT2D eigenvalue weighted by molar-refractivity contribution is 0.0696. The third kappa shape index (κ3) is 5.58. The van der Waals surface area contributed by atoms with E-state index in [2.05, 4.69) is 4.57 Å². The first-order valence-corrected chi connectivity index (χ1v) is 17.3. The number of benzene rings is 3. The van der Waals surface area contributed by atoms with Crippen molar-refractivity contribution in [3.63, 3.8) is 0 Å². The molecule has 7 rings (SSSR count). The van der Waals surface area contributed by atoms with Gasteiger partial charge >= 0.3 is 5.97 Å². The van der Waals surface area contributed by atoms with Crippen LogP contribution in [0.5, 0.6) is 5.75 Å². The Morgan fingerprint density at radius 3 is 2.42 bits per heavy atom. The van der Waals surface area contributed by atoms with E-state index in [0.717, 1.165) is 60.9 Å². The van der Waals surface area contributed by atoms with Crippen LogP contribution in [0.15, 0.2) is 54.6 Å². The summed E-state index contributed by atoms with van der Waals surface area (Å²) in [6.07, 6.45) is 1.26. The van der Waals surface area contributed by atoms with Crippen molar-refractivity contribution < 1.29 is 19.4 Å². The van der Waals surface area contributed by atoms with Gasteiger partial charge < -0.3 is 14.4 Å². The standard InChI is InChI=1S/C39H37Cl2N5O4/c1-20-16-27(17-21(2)35(20)41)50-15-7-8-28-29-11-12-30(40)34(33-23(4)43-44(6)24(33)5)36(29)45-19-22(3)46(38(47)37(28)45)32-14-10-25-18-26(39(48)49)9-13-31(25)42-32/h9-14,16-18,22H,7-8,15,19H2,1-6H3,(H,48,49)/t22-/m1/s1. The molecule has 0 saturated carbocycles. The number of carbonyl (C=O) groups excluding carboxylic acids is 1. The number of hydrogen-bond donors (Lipinski definition) is 1. The van der Waals surface area contributed by atoms with E-state index in [1.165, 1.54) is 6.07 Å². The van der Waals surface area contributed by atoms with E-state index in [-0.39, 0.29) is 17.5 Å². The normalized spacial score (nSPS) is 14.5. The van der Waals surface area contributed by atoms with Gasteiger partial charge in [0.05, 0.1) is 40.0 Å². The van der Waals surface area contributed by atoms with Gasteiger partial charge in [-0.1, -0.05) is 29.3 Å². The Morgan fingerprint density at radius 1 is 1.00 bits per heavy atom. The lowest BCUT2D eigenvalue weighted by Crippen LogP contribution is -2.47. The number of carboxylic acids is 1. The fraction of sp³-hybridized carbons (Fsp3) is 0.282. The molecule has 1 aliphatic rings. The first kappa shape index (κ1) is 33.6. The van der Waals surface area contributed by atoms with Crippen LogP contribution in [-0.2, 0) is 20.0 Å². The summed E-state index contributed by atoms with van der Waals surface area (Å²) in [5, 5.41) is 17.1. The number of nitrogens with zero attached hydrogens (tertiary/aromatic N) is 5. The molecule has 0 bridgehead atoms. The molecule has 11 heteroatoms. The Labute approximate surface area is 300 Å². The highest BCUT2D eigenvalue weighted by atomic mass is 35.5. The summed E-state index contributed by atoms with van der Waals surface area (Å²) in [6, 6.07) is 16.0. The second kappa shape index (κ2) is 12.8. The molecule has 0 fully saturated rings. The summed E-state index contributed by atoms with van der Waals surface area (Å²) in [5.41, 5.74) is 8.84. The maximum atomic E-state index is 14.8. The molecule has 4 heterocycles. The number of fused-ring (bicyclic) bond motifs is 4. The zero-order chi connectivity index (χ0) is 35.6. The summed E-state index contributed by atoms with van der Waals surface area (Å²) >= 11 is 13.4. The molecule has 1 aliphatic heterocycles. The highest BCUT2D eigenvalue weighted by molar-refractivity contribution is 6.35. The molecule has 50 heavy (non-hydrogen) atoms. The summed E-state index contributed by atoms with van der Waals surface area (Å²) in [7, 11) is 1.92. The maximum absolute atomic E-state index is 14.8. The van der Waals surface area contributed by atoms with E-state index < -0.39 is 5.97 Å². The van der Waals surface area contributed by atoms with E-state index >= 15 is 0 Å². The van der Waals surface area contributed by atoms with Gasteiger partial charge in [-0.25, -0.2) is 9.78 Å². The molecule has 0 spiro atoms. The predicted octanol–water partition coefficient (Wildman–Crippen LogP) is 8.89. The van der Waals surface area contributed by atoms with Crippen molar-refractivity contribution in [3.8, 4) is 16.9 Å². The molecule has 3 aromatic carbocycles. The van der Waals surface area contributed by atoms with E-state index in [1.54, 1.807) is 23.1 Å². The average molecular weight is 711 g/mol. The number of carbonyl (C=O) groups is 2. The van der Waals surface area contributed by atoms with Gasteiger partial charge in [-0.15, -0.1) is 0 Å². The number of ether oxygens (including phenoxy) is 1. The zero-order valence-electron chi connectivity index (χ0n) is 28.8. The summed E-state index contributed by atoms with van der Waals surface area (Å²) in [6.45, 7) is 10.9. The number of aryl methyl sites for hydroxylation is 5. The van der Waals surface area contributed by atoms with Crippen molar-refractivity contribution in [3.05, 3.63) is 104 Å². The monoisotopic (exact) mass is 709 g/mol. The Balaban J connectivity index is 1.33. The van der Waals surface area contributed by atoms with Gasteiger partial charge in [0, 0.05) is 46.2 Å². The van der Waals surface area contributed by atoms with Crippen molar-refractivity contribution in [2.75, 3.05) is 11.5 Å². The van der Waals surface area contributed by atoms with Crippen molar-refractivity contribution in [1.82, 2.24) is 19.3 Å². The lowest BCUT2D eigenvalue weighted by Gasteiger charge is -2.35. The molecule has 3 aromatic heterocycles. The third-order valence-electron chi connectivity index (χ3n) is 9.76. The maximum Gasteiger partial charge on any atom is 0.335 e. The molecule has 1 N–H and O–H groups in total. The third-order valence-corrected chi connectivity index (χ3v) is 10.7. The van der Waals surface area contributed by atoms with Gasteiger partial charge in [0.15, 0.2) is 0 Å². The zero-order valence-corrected chi connectivity index (χ0v) is 30.3. The summed E-state index contributed by atoms with van der Waals surface area (Å²) in [5.74, 6) is 0.111. The molecule has 0 saturated heterocycles. The topological polar surface area (TPSA) is 102 Å². The summed E-state index contributed by atoms with van der Waals surface area (Å²) < 4.78 is 10.2. The van der Waals surface area contributed by atoms with Crippen LogP contribution in [0.3, 0.4) is 0 Å². The highest BCUT2D eigenvalue weighted by Crippen LogP contribution is 2.44. The number of aromatic nitrogens is 4. The van der Waals surface area contributed by atoms with Gasteiger partial charge in [-0.05, 0) is 113 Å². The fourth-order valence-electron chi connectivity index (χ4n) is 7.35. The number of rotatable bonds is 8. The van der Waals surface area contributed by atoms with Crippen molar-refractivity contribution >= 4 is 62.7 Å². The molecule has 1 atom stereocenters. The van der Waals surface area contributed by atoms with Gasteiger partial charge in [0.25, 0.3) is 5.91 Å². The molecular formula is C39H37Cl2N5O4. The Bertz CT molecular complexity index is 2350. The minimum atomic E-state index is -1.00. The van der Waals surface area contributed by atoms with E-state index in [0.29, 0.717) is 53.4 Å². The SMILES string of the molecule is Cc1cc(OCCCc2c3n(c4c(-c5c(C)nn(C)c5C)c(Cl)ccc24)C[C@@H](C)N(c2ccc4cc(C(=O)O)ccc4n2)C3=O)cc(C)c1Cl. The quantitative estimate of drug-likeness (QED) is 0.158. The molecule has 0 radical (unpaired) electrons. The second-order valence-electron chi connectivity index (χ2n) is 13.2. The second-order valence-corrected chi connectivity index (χ2v) is 13.9. The fourth-order valence-corrected chi connectivity index (χ4v) is 7.70. The number of anilines is 1. The number of carboxylic acid groups (broad SMARTS) is 1. The van der Waals surface area contributed by atoms with Crippen LogP contribution in [0.2, 0.25) is 10.0 Å². The molecule has 0 unspecified atom stereocenters. The average Bonchev–Trinajstić information content (AvgIpc) is 3.52. The number of halogens is 2. The summed E-state index contributed by atoms with van der Waals surface area (Å²) in [4.78, 5) is 33.0. The van der Waals surface area contributed by atoms with Crippen LogP contribution in [-0.4, -0.2) is 49.0 Å². The lowest BCUT2D eigenvalue weighted by atomic mass is 9.98. The largest absolute Gasteiger partial charge is 0.494 e. The molecule has 0 aliphatic carbocycles. The number of amides is 1. The predicted molar refractivity (Wildman–Crippen MR) is 198 cm³/mol. The van der Waals surface area contributed by atoms with E-state index in [1.807, 2.05) is 76.7 Å². The van der Waals surface area contributed by atoms with Gasteiger partial charge in [0.2, 0.25) is 0 Å². The van der Waals surface area contributed by atoms with Gasteiger partial charge in [0.1, 0.15) is 17.3 Å². The first-order valence-electron chi connectivity index (χ1n) is 16.6. The number of pyridine rings is 1.